The van der Waals surface area contributed by atoms with Gasteiger partial charge in [0.25, 0.3) is 0 Å². The maximum Gasteiger partial charge on any atom is 0.337 e. The summed E-state index contributed by atoms with van der Waals surface area (Å²) in [5, 5.41) is 20.3. The molecule has 3 rings (SSSR count). The zero-order valence-electron chi connectivity index (χ0n) is 13.9. The highest BCUT2D eigenvalue weighted by atomic mass is 79.9. The Morgan fingerprint density at radius 1 is 0.929 bits per heavy atom. The molecule has 0 radical (unpaired) electrons. The van der Waals surface area contributed by atoms with Crippen LogP contribution in [0.1, 0.15) is 42.2 Å². The van der Waals surface area contributed by atoms with Crippen molar-refractivity contribution >= 4 is 51.0 Å². The minimum Gasteiger partial charge on any atom is -0.478 e. The molecule has 0 saturated heterocycles. The number of anilines is 1. The number of ketones is 2. The third kappa shape index (κ3) is 3.23. The van der Waals surface area contributed by atoms with Crippen LogP contribution in [0.4, 0.5) is 5.69 Å². The third-order valence-electron chi connectivity index (χ3n) is 4.01. The molecule has 8 nitrogen and oxygen atoms in total. The number of carboxylic acid groups (broad SMARTS) is 2. The van der Waals surface area contributed by atoms with Crippen LogP contribution in [-0.2, 0) is 9.59 Å². The second kappa shape index (κ2) is 7.20. The van der Waals surface area contributed by atoms with Crippen LogP contribution in [-0.4, -0.2) is 39.6 Å². The van der Waals surface area contributed by atoms with Crippen LogP contribution in [0.3, 0.4) is 0 Å². The minimum atomic E-state index is -1.44. The molecule has 0 unspecified atom stereocenters. The quantitative estimate of drug-likeness (QED) is 0.526. The Labute approximate surface area is 165 Å². The highest BCUT2D eigenvalue weighted by Crippen LogP contribution is 2.38. The first-order chi connectivity index (χ1) is 13.2. The lowest BCUT2D eigenvalue weighted by atomic mass is 9.82. The van der Waals surface area contributed by atoms with Crippen LogP contribution in [0, 0.1) is 0 Å². The molecule has 0 heterocycles. The zero-order chi connectivity index (χ0) is 20.6. The fourth-order valence-corrected chi connectivity index (χ4v) is 3.47. The smallest absolute Gasteiger partial charge is 0.337 e. The molecule has 1 amide bonds. The second-order valence-electron chi connectivity index (χ2n) is 5.70. The number of halogens is 1. The van der Waals surface area contributed by atoms with E-state index in [2.05, 4.69) is 21.2 Å². The van der Waals surface area contributed by atoms with Crippen LogP contribution >= 0.6 is 15.9 Å². The summed E-state index contributed by atoms with van der Waals surface area (Å²) in [5.41, 5.74) is -0.918. The fourth-order valence-electron chi connectivity index (χ4n) is 2.86. The van der Waals surface area contributed by atoms with Gasteiger partial charge in [0, 0.05) is 27.8 Å². The van der Waals surface area contributed by atoms with Gasteiger partial charge in [0.2, 0.25) is 5.91 Å². The number of rotatable bonds is 4. The molecule has 9 heteroatoms. The highest BCUT2D eigenvalue weighted by molar-refractivity contribution is 9.10. The number of carbonyl (C=O) groups excluding carboxylic acids is 3. The highest BCUT2D eigenvalue weighted by Gasteiger charge is 2.36. The van der Waals surface area contributed by atoms with E-state index in [1.54, 1.807) is 12.1 Å². The Bertz CT molecular complexity index is 1120. The van der Waals surface area contributed by atoms with Gasteiger partial charge in [-0.25, -0.2) is 9.59 Å². The first-order valence-electron chi connectivity index (χ1n) is 7.72. The SMILES string of the molecule is O=C(O)/C=C\C(=O)Nc1c(C(=O)O)cc(Br)c2c1C(=O)c1ccccc1C2=O. The predicted octanol–water partition coefficient (Wildman–Crippen LogP) is 2.50. The lowest BCUT2D eigenvalue weighted by Crippen LogP contribution is -2.26. The summed E-state index contributed by atoms with van der Waals surface area (Å²) < 4.78 is 0.0897. The van der Waals surface area contributed by atoms with E-state index in [0.717, 1.165) is 6.07 Å². The van der Waals surface area contributed by atoms with Crippen molar-refractivity contribution in [2.75, 3.05) is 5.32 Å². The number of amides is 1. The molecule has 1 aliphatic rings. The zero-order valence-corrected chi connectivity index (χ0v) is 15.4. The summed E-state index contributed by atoms with van der Waals surface area (Å²) in [7, 11) is 0. The lowest BCUT2D eigenvalue weighted by molar-refractivity contribution is -0.131. The van der Waals surface area contributed by atoms with E-state index in [9.17, 15) is 29.1 Å². The van der Waals surface area contributed by atoms with Crippen LogP contribution in [0.2, 0.25) is 0 Å². The summed E-state index contributed by atoms with van der Waals surface area (Å²) in [6, 6.07) is 7.16. The second-order valence-corrected chi connectivity index (χ2v) is 6.56. The Morgan fingerprint density at radius 3 is 2.04 bits per heavy atom. The van der Waals surface area contributed by atoms with Crippen molar-refractivity contribution in [1.29, 1.82) is 0 Å². The number of aromatic carboxylic acids is 1. The van der Waals surface area contributed by atoms with E-state index in [0.29, 0.717) is 12.2 Å². The first kappa shape index (κ1) is 19.2. The lowest BCUT2D eigenvalue weighted by Gasteiger charge is -2.22. The number of nitrogens with one attached hydrogen (secondary N) is 1. The monoisotopic (exact) mass is 443 g/mol. The van der Waals surface area contributed by atoms with E-state index in [4.69, 9.17) is 5.11 Å². The molecule has 1 aliphatic carbocycles. The molecule has 0 atom stereocenters. The number of benzene rings is 2. The molecule has 0 aliphatic heterocycles. The average molecular weight is 444 g/mol. The van der Waals surface area contributed by atoms with E-state index >= 15 is 0 Å². The Balaban J connectivity index is 2.26. The summed E-state index contributed by atoms with van der Waals surface area (Å²) in [4.78, 5) is 60.2. The number of hydrogen-bond donors (Lipinski definition) is 3. The summed E-state index contributed by atoms with van der Waals surface area (Å²) in [5.74, 6) is -4.93. The van der Waals surface area contributed by atoms with Gasteiger partial charge in [-0.1, -0.05) is 24.3 Å². The van der Waals surface area contributed by atoms with Crippen LogP contribution in [0.15, 0.2) is 47.0 Å². The summed E-state index contributed by atoms with van der Waals surface area (Å²) >= 11 is 3.13. The van der Waals surface area contributed by atoms with Gasteiger partial charge in [0.1, 0.15) is 0 Å². The van der Waals surface area contributed by atoms with Gasteiger partial charge in [-0.2, -0.15) is 0 Å². The molecule has 140 valence electrons. The van der Waals surface area contributed by atoms with Gasteiger partial charge < -0.3 is 15.5 Å². The van der Waals surface area contributed by atoms with Crippen molar-refractivity contribution in [1.82, 2.24) is 0 Å². The number of hydrogen-bond acceptors (Lipinski definition) is 5. The van der Waals surface area contributed by atoms with E-state index < -0.39 is 35.0 Å². The molecule has 0 bridgehead atoms. The maximum atomic E-state index is 13.0. The van der Waals surface area contributed by atoms with Gasteiger partial charge >= 0.3 is 11.9 Å². The molecular formula is C19H10BrNO7. The van der Waals surface area contributed by atoms with Crippen LogP contribution < -0.4 is 5.32 Å². The standard InChI is InChI=1S/C19H10BrNO7/c20-11-7-10(19(27)28)16(21-12(22)5-6-13(23)24)15-14(11)17(25)8-3-1-2-4-9(8)18(15)26/h1-7H,(H,21,22)(H,23,24)(H,27,28)/b6-5-. The van der Waals surface area contributed by atoms with Crippen molar-refractivity contribution in [3.05, 3.63) is 74.8 Å². The molecule has 28 heavy (non-hydrogen) atoms. The molecule has 2 aromatic carbocycles. The van der Waals surface area contributed by atoms with Gasteiger partial charge in [-0.05, 0) is 22.0 Å². The van der Waals surface area contributed by atoms with E-state index in [-0.39, 0.29) is 32.4 Å². The molecule has 2 aromatic rings. The molecule has 0 fully saturated rings. The number of carboxylic acids is 2. The van der Waals surface area contributed by atoms with Crippen molar-refractivity contribution in [2.24, 2.45) is 0 Å². The van der Waals surface area contributed by atoms with Crippen LogP contribution in [0.5, 0.6) is 0 Å². The van der Waals surface area contributed by atoms with Gasteiger partial charge in [0.05, 0.1) is 22.4 Å². The summed E-state index contributed by atoms with van der Waals surface area (Å²) in [6.45, 7) is 0. The third-order valence-corrected chi connectivity index (χ3v) is 4.63. The summed E-state index contributed by atoms with van der Waals surface area (Å²) in [6.07, 6.45) is 1.23. The van der Waals surface area contributed by atoms with Crippen molar-refractivity contribution in [3.63, 3.8) is 0 Å². The minimum absolute atomic E-state index is 0.0750. The first-order valence-corrected chi connectivity index (χ1v) is 8.52. The Kier molecular flexibility index (Phi) is 4.93. The molecule has 3 N–H and O–H groups in total. The van der Waals surface area contributed by atoms with Crippen molar-refractivity contribution in [2.45, 2.75) is 0 Å². The van der Waals surface area contributed by atoms with Crippen LogP contribution in [0.25, 0.3) is 0 Å². The molecule has 0 spiro atoms. The van der Waals surface area contributed by atoms with E-state index in [1.807, 2.05) is 0 Å². The Morgan fingerprint density at radius 2 is 1.50 bits per heavy atom. The van der Waals surface area contributed by atoms with Crippen molar-refractivity contribution in [3.8, 4) is 0 Å². The largest absolute Gasteiger partial charge is 0.478 e. The molecule has 0 saturated carbocycles. The van der Waals surface area contributed by atoms with Gasteiger partial charge in [-0.15, -0.1) is 0 Å². The predicted molar refractivity (Wildman–Crippen MR) is 99.8 cm³/mol. The van der Waals surface area contributed by atoms with Gasteiger partial charge in [0.15, 0.2) is 11.6 Å². The van der Waals surface area contributed by atoms with Crippen molar-refractivity contribution < 1.29 is 34.2 Å². The van der Waals surface area contributed by atoms with Gasteiger partial charge in [-0.3, -0.25) is 14.4 Å². The Hall–Kier alpha value is -3.59. The molecular weight excluding hydrogens is 434 g/mol. The number of aliphatic carboxylic acids is 1. The fraction of sp³-hybridized carbons (Fsp3) is 0. The van der Waals surface area contributed by atoms with E-state index in [1.165, 1.54) is 12.1 Å². The number of carbonyl (C=O) groups is 5. The normalized spacial score (nSPS) is 12.5. The average Bonchev–Trinajstić information content (AvgIpc) is 2.65. The maximum absolute atomic E-state index is 13.0. The topological polar surface area (TPSA) is 138 Å². The number of fused-ring (bicyclic) bond motifs is 2. The molecule has 0 aromatic heterocycles.